The largest absolute Gasteiger partial charge is 0.341 e. The van der Waals surface area contributed by atoms with Crippen LogP contribution in [0.25, 0.3) is 11.3 Å². The van der Waals surface area contributed by atoms with E-state index in [-0.39, 0.29) is 5.91 Å². The monoisotopic (exact) mass is 461 g/mol. The smallest absolute Gasteiger partial charge is 0.227 e. The van der Waals surface area contributed by atoms with Crippen molar-refractivity contribution in [2.45, 2.75) is 33.4 Å². The van der Waals surface area contributed by atoms with Gasteiger partial charge in [-0.3, -0.25) is 14.2 Å². The van der Waals surface area contributed by atoms with Crippen LogP contribution >= 0.6 is 11.6 Å². The van der Waals surface area contributed by atoms with E-state index in [9.17, 15) is 4.79 Å². The summed E-state index contributed by atoms with van der Waals surface area (Å²) in [6.45, 7) is 4.96. The van der Waals surface area contributed by atoms with Gasteiger partial charge in [0.05, 0.1) is 24.4 Å². The molecular weight excluding hydrogens is 434 g/mol. The number of halogens is 1. The van der Waals surface area contributed by atoms with Gasteiger partial charge in [-0.1, -0.05) is 60.1 Å². The fraction of sp³-hybridized carbons (Fsp3) is 0.269. The minimum Gasteiger partial charge on any atom is -0.341 e. The van der Waals surface area contributed by atoms with Crippen molar-refractivity contribution in [2.24, 2.45) is 7.05 Å². The summed E-state index contributed by atoms with van der Waals surface area (Å²) in [5.74, 6) is 0.0482. The van der Waals surface area contributed by atoms with Crippen molar-refractivity contribution in [1.82, 2.24) is 24.5 Å². The molecule has 0 aliphatic carbocycles. The van der Waals surface area contributed by atoms with Crippen molar-refractivity contribution in [2.75, 3.05) is 7.05 Å². The summed E-state index contributed by atoms with van der Waals surface area (Å²) in [4.78, 5) is 14.8. The molecule has 4 aromatic rings. The summed E-state index contributed by atoms with van der Waals surface area (Å²) >= 11 is 6.37. The minimum absolute atomic E-state index is 0.0482. The molecule has 0 saturated heterocycles. The van der Waals surface area contributed by atoms with Gasteiger partial charge >= 0.3 is 0 Å². The highest BCUT2D eigenvalue weighted by Gasteiger charge is 2.19. The number of hydrogen-bond acceptors (Lipinski definition) is 3. The lowest BCUT2D eigenvalue weighted by Gasteiger charge is -2.17. The van der Waals surface area contributed by atoms with Crippen LogP contribution in [-0.4, -0.2) is 37.4 Å². The van der Waals surface area contributed by atoms with Gasteiger partial charge in [-0.05, 0) is 25.5 Å². The van der Waals surface area contributed by atoms with E-state index in [1.807, 2.05) is 98.1 Å². The molecule has 2 aromatic carbocycles. The highest BCUT2D eigenvalue weighted by Crippen LogP contribution is 2.25. The third-order valence-electron chi connectivity index (χ3n) is 6.00. The summed E-state index contributed by atoms with van der Waals surface area (Å²) in [5.41, 5.74) is 6.79. The molecule has 6 nitrogen and oxygen atoms in total. The van der Waals surface area contributed by atoms with Gasteiger partial charge < -0.3 is 4.90 Å². The first-order valence-corrected chi connectivity index (χ1v) is 11.3. The number of hydrogen-bond donors (Lipinski definition) is 0. The molecular formula is C26H28ClN5O. The maximum Gasteiger partial charge on any atom is 0.227 e. The summed E-state index contributed by atoms with van der Waals surface area (Å²) in [7, 11) is 3.74. The van der Waals surface area contributed by atoms with Crippen LogP contribution in [0.15, 0.2) is 60.8 Å². The van der Waals surface area contributed by atoms with Gasteiger partial charge in [0.1, 0.15) is 0 Å². The Balaban J connectivity index is 1.59. The molecule has 0 aliphatic rings. The lowest BCUT2D eigenvalue weighted by molar-refractivity contribution is -0.129. The van der Waals surface area contributed by atoms with E-state index in [1.54, 1.807) is 4.90 Å². The van der Waals surface area contributed by atoms with Gasteiger partial charge in [-0.25, -0.2) is 0 Å². The minimum atomic E-state index is 0.0482. The van der Waals surface area contributed by atoms with E-state index < -0.39 is 0 Å². The van der Waals surface area contributed by atoms with Crippen LogP contribution in [0.2, 0.25) is 5.02 Å². The fourth-order valence-electron chi connectivity index (χ4n) is 4.00. The number of carbonyl (C=O) groups excluding carboxylic acids is 1. The van der Waals surface area contributed by atoms with Crippen molar-refractivity contribution >= 4 is 17.5 Å². The Kier molecular flexibility index (Phi) is 6.65. The van der Waals surface area contributed by atoms with Gasteiger partial charge in [0.25, 0.3) is 0 Å². The second kappa shape index (κ2) is 9.63. The number of aryl methyl sites for hydroxylation is 2. The third kappa shape index (κ3) is 5.01. The number of benzene rings is 2. The summed E-state index contributed by atoms with van der Waals surface area (Å²) < 4.78 is 3.72. The van der Waals surface area contributed by atoms with Gasteiger partial charge in [0, 0.05) is 54.2 Å². The molecule has 2 heterocycles. The number of nitrogens with zero attached hydrogens (tertiary/aromatic N) is 5. The predicted octanol–water partition coefficient (Wildman–Crippen LogP) is 4.80. The molecule has 0 saturated carbocycles. The van der Waals surface area contributed by atoms with Crippen molar-refractivity contribution in [3.05, 3.63) is 93.9 Å². The maximum absolute atomic E-state index is 13.1. The van der Waals surface area contributed by atoms with Crippen LogP contribution in [0, 0.1) is 13.8 Å². The Morgan fingerprint density at radius 2 is 1.70 bits per heavy atom. The molecule has 170 valence electrons. The van der Waals surface area contributed by atoms with Gasteiger partial charge in [-0.2, -0.15) is 10.2 Å². The zero-order valence-electron chi connectivity index (χ0n) is 19.4. The van der Waals surface area contributed by atoms with Crippen molar-refractivity contribution in [1.29, 1.82) is 0 Å². The Morgan fingerprint density at radius 3 is 2.36 bits per heavy atom. The van der Waals surface area contributed by atoms with E-state index in [2.05, 4.69) is 5.10 Å². The van der Waals surface area contributed by atoms with Crippen molar-refractivity contribution in [3.8, 4) is 11.3 Å². The van der Waals surface area contributed by atoms with Crippen LogP contribution < -0.4 is 0 Å². The SMILES string of the molecule is Cc1nn(C)c(C)c1CC(=O)N(C)Cc1cn(Cc2ccccc2Cl)nc1-c1ccccc1. The highest BCUT2D eigenvalue weighted by molar-refractivity contribution is 6.31. The van der Waals surface area contributed by atoms with Gasteiger partial charge in [0.15, 0.2) is 0 Å². The molecule has 0 spiro atoms. The van der Waals surface area contributed by atoms with Crippen molar-refractivity contribution < 1.29 is 4.79 Å². The standard InChI is InChI=1S/C26H28ClN5O/c1-18-23(19(2)31(4)28-18)14-25(33)30(3)15-22-17-32(16-21-12-8-9-13-24(21)27)29-26(22)20-10-6-5-7-11-20/h5-13,17H,14-16H2,1-4H3. The molecule has 0 N–H and O–H groups in total. The molecule has 0 bridgehead atoms. The molecule has 1 amide bonds. The quantitative estimate of drug-likeness (QED) is 0.397. The zero-order chi connectivity index (χ0) is 23.5. The van der Waals surface area contributed by atoms with Gasteiger partial charge in [0.2, 0.25) is 5.91 Å². The molecule has 2 aromatic heterocycles. The molecule has 7 heteroatoms. The third-order valence-corrected chi connectivity index (χ3v) is 6.36. The summed E-state index contributed by atoms with van der Waals surface area (Å²) in [5, 5.41) is 10.00. The molecule has 0 aliphatic heterocycles. The molecule has 0 radical (unpaired) electrons. The molecule has 33 heavy (non-hydrogen) atoms. The summed E-state index contributed by atoms with van der Waals surface area (Å²) in [6, 6.07) is 17.8. The Bertz CT molecular complexity index is 1280. The Labute approximate surface area is 199 Å². The van der Waals surface area contributed by atoms with Crippen molar-refractivity contribution in [3.63, 3.8) is 0 Å². The maximum atomic E-state index is 13.1. The number of likely N-dealkylation sites (N-methyl/N-ethyl adjacent to an activating group) is 1. The predicted molar refractivity (Wildman–Crippen MR) is 131 cm³/mol. The Hall–Kier alpha value is -3.38. The van der Waals surface area contributed by atoms with Crippen LogP contribution in [0.5, 0.6) is 0 Å². The Morgan fingerprint density at radius 1 is 1.00 bits per heavy atom. The number of aromatic nitrogens is 4. The lowest BCUT2D eigenvalue weighted by Crippen LogP contribution is -2.28. The number of amides is 1. The number of rotatable bonds is 7. The van der Waals surface area contributed by atoms with E-state index in [0.717, 1.165) is 39.3 Å². The first-order chi connectivity index (χ1) is 15.8. The van der Waals surface area contributed by atoms with Gasteiger partial charge in [-0.15, -0.1) is 0 Å². The average Bonchev–Trinajstić information content (AvgIpc) is 3.30. The average molecular weight is 462 g/mol. The van der Waals surface area contributed by atoms with Crippen LogP contribution in [0.1, 0.15) is 28.1 Å². The molecule has 0 unspecified atom stereocenters. The van der Waals surface area contributed by atoms with E-state index in [0.29, 0.717) is 24.5 Å². The van der Waals surface area contributed by atoms with E-state index >= 15 is 0 Å². The molecule has 0 fully saturated rings. The van der Waals surface area contributed by atoms with Crippen LogP contribution in [-0.2, 0) is 31.4 Å². The summed E-state index contributed by atoms with van der Waals surface area (Å²) in [6.07, 6.45) is 2.34. The fourth-order valence-corrected chi connectivity index (χ4v) is 4.20. The van der Waals surface area contributed by atoms with E-state index in [1.165, 1.54) is 0 Å². The molecule has 4 rings (SSSR count). The molecule has 0 atom stereocenters. The topological polar surface area (TPSA) is 56.0 Å². The first kappa shape index (κ1) is 22.8. The number of carbonyl (C=O) groups is 1. The highest BCUT2D eigenvalue weighted by atomic mass is 35.5. The van der Waals surface area contributed by atoms with Crippen LogP contribution in [0.4, 0.5) is 0 Å². The zero-order valence-corrected chi connectivity index (χ0v) is 20.2. The second-order valence-corrected chi connectivity index (χ2v) is 8.76. The first-order valence-electron chi connectivity index (χ1n) is 10.9. The van der Waals surface area contributed by atoms with E-state index in [4.69, 9.17) is 16.7 Å². The normalized spacial score (nSPS) is 11.1. The lowest BCUT2D eigenvalue weighted by atomic mass is 10.1. The second-order valence-electron chi connectivity index (χ2n) is 8.36. The van der Waals surface area contributed by atoms with Crippen LogP contribution in [0.3, 0.4) is 0 Å².